The Kier molecular flexibility index (Phi) is 12.7. The molecule has 0 aliphatic rings. The molecule has 0 aromatic heterocycles. The second kappa shape index (κ2) is 16.0. The average molecular weight is 623 g/mol. The van der Waals surface area contributed by atoms with Crippen LogP contribution in [0, 0.1) is 17.3 Å². The number of hydrogen-bond acceptors (Lipinski definition) is 6. The van der Waals surface area contributed by atoms with Crippen molar-refractivity contribution < 1.29 is 27.9 Å². The maximum absolute atomic E-state index is 13.6. The summed E-state index contributed by atoms with van der Waals surface area (Å²) < 4.78 is 34.1. The smallest absolute Gasteiger partial charge is 0.312 e. The van der Waals surface area contributed by atoms with Gasteiger partial charge in [-0.15, -0.1) is 0 Å². The highest BCUT2D eigenvalue weighted by molar-refractivity contribution is 7.89. The van der Waals surface area contributed by atoms with Gasteiger partial charge in [0.05, 0.1) is 28.4 Å². The van der Waals surface area contributed by atoms with Gasteiger partial charge in [0.15, 0.2) is 0 Å². The normalized spacial score (nSPS) is 14.2. The van der Waals surface area contributed by atoms with Crippen LogP contribution in [0.5, 0.6) is 0 Å². The molecule has 0 aliphatic carbocycles. The van der Waals surface area contributed by atoms with E-state index in [1.807, 2.05) is 74.5 Å². The molecule has 0 spiro atoms. The fraction of sp³-hybridized carbons (Fsp3) is 0.429. The number of rotatable bonds is 16. The average Bonchev–Trinajstić information content (AvgIpc) is 3.02. The van der Waals surface area contributed by atoms with Crippen molar-refractivity contribution >= 4 is 21.9 Å². The van der Waals surface area contributed by atoms with E-state index in [1.165, 1.54) is 16.4 Å². The minimum absolute atomic E-state index is 0.0922. The third-order valence-electron chi connectivity index (χ3n) is 8.03. The van der Waals surface area contributed by atoms with Crippen LogP contribution in [0.15, 0.2) is 95.9 Å². The molecule has 44 heavy (non-hydrogen) atoms. The SMILES string of the molecule is CC(C)CCN(C[C@@H](O)[C@H](Cc1ccccc1)NC(=O)[C@H](C)C(C)(C)C(=O)OCc1ccccc1)S(=O)(=O)c1ccccc1. The summed E-state index contributed by atoms with van der Waals surface area (Å²) in [5, 5.41) is 14.5. The number of aliphatic hydroxyl groups is 1. The molecular formula is C35H46N2O6S. The predicted octanol–water partition coefficient (Wildman–Crippen LogP) is 5.22. The van der Waals surface area contributed by atoms with E-state index in [9.17, 15) is 23.1 Å². The van der Waals surface area contributed by atoms with Crippen molar-refractivity contribution in [2.24, 2.45) is 17.3 Å². The van der Waals surface area contributed by atoms with Crippen LogP contribution >= 0.6 is 0 Å². The van der Waals surface area contributed by atoms with Crippen molar-refractivity contribution in [3.05, 3.63) is 102 Å². The van der Waals surface area contributed by atoms with Crippen LogP contribution in [0.1, 0.15) is 52.2 Å². The van der Waals surface area contributed by atoms with Gasteiger partial charge in [-0.1, -0.05) is 99.6 Å². The van der Waals surface area contributed by atoms with Crippen LogP contribution < -0.4 is 5.32 Å². The molecule has 238 valence electrons. The minimum atomic E-state index is -3.91. The maximum atomic E-state index is 13.6. The Balaban J connectivity index is 1.81. The quantitative estimate of drug-likeness (QED) is 0.212. The number of nitrogens with zero attached hydrogens (tertiary/aromatic N) is 1. The van der Waals surface area contributed by atoms with E-state index < -0.39 is 45.4 Å². The molecule has 8 nitrogen and oxygen atoms in total. The Morgan fingerprint density at radius 1 is 0.864 bits per heavy atom. The second-order valence-electron chi connectivity index (χ2n) is 12.2. The van der Waals surface area contributed by atoms with Crippen LogP contribution in [0.25, 0.3) is 0 Å². The summed E-state index contributed by atoms with van der Waals surface area (Å²) in [5.74, 6) is -1.52. The number of benzene rings is 3. The summed E-state index contributed by atoms with van der Waals surface area (Å²) >= 11 is 0. The summed E-state index contributed by atoms with van der Waals surface area (Å²) in [6.45, 7) is 9.09. The van der Waals surface area contributed by atoms with Crippen molar-refractivity contribution in [3.8, 4) is 0 Å². The molecule has 1 amide bonds. The van der Waals surface area contributed by atoms with E-state index in [1.54, 1.807) is 39.0 Å². The summed E-state index contributed by atoms with van der Waals surface area (Å²) in [5.41, 5.74) is 0.541. The standard InChI is InChI=1S/C35H46N2O6S/c1-26(2)21-22-37(44(41,42)30-19-13-8-14-20-30)24-32(38)31(23-28-15-9-6-10-16-28)36-33(39)27(3)35(4,5)34(40)43-25-29-17-11-7-12-18-29/h6-20,26-27,31-32,38H,21-25H2,1-5H3,(H,36,39)/t27-,31-,32+/m0/s1. The van der Waals surface area contributed by atoms with E-state index in [-0.39, 0.29) is 36.9 Å². The lowest BCUT2D eigenvalue weighted by molar-refractivity contribution is -0.161. The lowest BCUT2D eigenvalue weighted by Gasteiger charge is -2.33. The monoisotopic (exact) mass is 622 g/mol. The van der Waals surface area contributed by atoms with Crippen LogP contribution in [-0.2, 0) is 37.4 Å². The molecule has 3 aromatic rings. The minimum Gasteiger partial charge on any atom is -0.460 e. The van der Waals surface area contributed by atoms with Gasteiger partial charge in [-0.25, -0.2) is 8.42 Å². The van der Waals surface area contributed by atoms with Crippen molar-refractivity contribution in [1.29, 1.82) is 0 Å². The number of esters is 1. The van der Waals surface area contributed by atoms with Crippen LogP contribution in [-0.4, -0.2) is 54.9 Å². The fourth-order valence-electron chi connectivity index (χ4n) is 4.66. The third kappa shape index (κ3) is 9.74. The molecule has 0 fully saturated rings. The van der Waals surface area contributed by atoms with Crippen LogP contribution in [0.2, 0.25) is 0 Å². The maximum Gasteiger partial charge on any atom is 0.312 e. The second-order valence-corrected chi connectivity index (χ2v) is 14.2. The van der Waals surface area contributed by atoms with Gasteiger partial charge < -0.3 is 15.2 Å². The first-order chi connectivity index (χ1) is 20.8. The number of aliphatic hydroxyl groups excluding tert-OH is 1. The van der Waals surface area contributed by atoms with Crippen LogP contribution in [0.3, 0.4) is 0 Å². The Morgan fingerprint density at radius 2 is 1.39 bits per heavy atom. The topological polar surface area (TPSA) is 113 Å². The van der Waals surface area contributed by atoms with Gasteiger partial charge >= 0.3 is 5.97 Å². The van der Waals surface area contributed by atoms with Gasteiger partial charge in [-0.2, -0.15) is 4.31 Å². The Hall–Kier alpha value is -3.53. The molecule has 3 atom stereocenters. The molecule has 0 bridgehead atoms. The van der Waals surface area contributed by atoms with E-state index in [0.29, 0.717) is 6.42 Å². The molecule has 3 rings (SSSR count). The molecule has 0 radical (unpaired) electrons. The molecule has 2 N–H and O–H groups in total. The number of amides is 1. The number of hydrogen-bond donors (Lipinski definition) is 2. The van der Waals surface area contributed by atoms with Crippen molar-refractivity contribution in [2.75, 3.05) is 13.1 Å². The van der Waals surface area contributed by atoms with E-state index in [2.05, 4.69) is 5.32 Å². The Bertz CT molecular complexity index is 1430. The zero-order chi connectivity index (χ0) is 32.3. The largest absolute Gasteiger partial charge is 0.460 e. The fourth-order valence-corrected chi connectivity index (χ4v) is 6.16. The van der Waals surface area contributed by atoms with Crippen LogP contribution in [0.4, 0.5) is 0 Å². The number of carbonyl (C=O) groups is 2. The highest BCUT2D eigenvalue weighted by Crippen LogP contribution is 2.29. The van der Waals surface area contributed by atoms with Gasteiger partial charge in [-0.05, 0) is 55.9 Å². The lowest BCUT2D eigenvalue weighted by Crippen LogP contribution is -2.53. The first kappa shape index (κ1) is 35.0. The van der Waals surface area contributed by atoms with Gasteiger partial charge in [0.2, 0.25) is 15.9 Å². The van der Waals surface area contributed by atoms with Gasteiger partial charge in [-0.3, -0.25) is 9.59 Å². The summed E-state index contributed by atoms with van der Waals surface area (Å²) in [6, 6.07) is 26.0. The zero-order valence-corrected chi connectivity index (χ0v) is 27.2. The molecule has 3 aromatic carbocycles. The van der Waals surface area contributed by atoms with Gasteiger partial charge in [0.25, 0.3) is 0 Å². The molecule has 9 heteroatoms. The van der Waals surface area contributed by atoms with Crippen molar-refractivity contribution in [1.82, 2.24) is 9.62 Å². The molecule has 0 unspecified atom stereocenters. The first-order valence-electron chi connectivity index (χ1n) is 15.1. The first-order valence-corrected chi connectivity index (χ1v) is 16.5. The van der Waals surface area contributed by atoms with E-state index >= 15 is 0 Å². The molecule has 0 saturated heterocycles. The van der Waals surface area contributed by atoms with E-state index in [0.717, 1.165) is 11.1 Å². The molecule has 0 heterocycles. The zero-order valence-electron chi connectivity index (χ0n) is 26.3. The Labute approximate surface area is 262 Å². The number of nitrogens with one attached hydrogen (secondary N) is 1. The summed E-state index contributed by atoms with van der Waals surface area (Å²) in [4.78, 5) is 26.9. The highest BCUT2D eigenvalue weighted by Gasteiger charge is 2.41. The number of sulfonamides is 1. The summed E-state index contributed by atoms with van der Waals surface area (Å²) in [6.07, 6.45) is -0.363. The molecule has 0 saturated carbocycles. The van der Waals surface area contributed by atoms with E-state index in [4.69, 9.17) is 4.74 Å². The molecule has 0 aliphatic heterocycles. The summed E-state index contributed by atoms with van der Waals surface area (Å²) in [7, 11) is -3.91. The van der Waals surface area contributed by atoms with Crippen molar-refractivity contribution in [3.63, 3.8) is 0 Å². The van der Waals surface area contributed by atoms with Gasteiger partial charge in [0.1, 0.15) is 6.61 Å². The Morgan fingerprint density at radius 3 is 1.93 bits per heavy atom. The predicted molar refractivity (Wildman–Crippen MR) is 172 cm³/mol. The number of carbonyl (C=O) groups excluding carboxylic acids is 2. The third-order valence-corrected chi connectivity index (χ3v) is 9.91. The number of ether oxygens (including phenoxy) is 1. The lowest BCUT2D eigenvalue weighted by atomic mass is 9.79. The van der Waals surface area contributed by atoms with Gasteiger partial charge in [0, 0.05) is 13.1 Å². The molecular weight excluding hydrogens is 576 g/mol. The highest BCUT2D eigenvalue weighted by atomic mass is 32.2. The van der Waals surface area contributed by atoms with Crippen molar-refractivity contribution in [2.45, 2.75) is 71.1 Å².